The molecular weight excluding hydrogens is 411 g/mol. The van der Waals surface area contributed by atoms with Gasteiger partial charge in [-0.25, -0.2) is 9.18 Å². The maximum absolute atomic E-state index is 13.0. The Morgan fingerprint density at radius 1 is 0.938 bits per heavy atom. The predicted octanol–water partition coefficient (Wildman–Crippen LogP) is 3.91. The van der Waals surface area contributed by atoms with E-state index in [9.17, 15) is 18.8 Å². The van der Waals surface area contributed by atoms with Crippen LogP contribution >= 0.6 is 0 Å². The van der Waals surface area contributed by atoms with Crippen LogP contribution in [0.3, 0.4) is 0 Å². The molecule has 3 N–H and O–H groups in total. The zero-order chi connectivity index (χ0) is 23.5. The largest absolute Gasteiger partial charge is 0.339 e. The summed E-state index contributed by atoms with van der Waals surface area (Å²) in [5.41, 5.74) is 1.84. The fourth-order valence-corrected chi connectivity index (χ4v) is 3.17. The van der Waals surface area contributed by atoms with Crippen molar-refractivity contribution < 1.29 is 18.8 Å². The summed E-state index contributed by atoms with van der Waals surface area (Å²) >= 11 is 0. The highest BCUT2D eigenvalue weighted by atomic mass is 19.1. The topological polar surface area (TPSA) is 90.5 Å². The minimum absolute atomic E-state index is 0.0590. The molecule has 1 unspecified atom stereocenters. The third-order valence-corrected chi connectivity index (χ3v) is 5.02. The predicted molar refractivity (Wildman–Crippen MR) is 123 cm³/mol. The van der Waals surface area contributed by atoms with Crippen molar-refractivity contribution in [3.63, 3.8) is 0 Å². The molecular formula is C24H31FN4O3. The summed E-state index contributed by atoms with van der Waals surface area (Å²) in [6.45, 7) is 7.24. The lowest BCUT2D eigenvalue weighted by atomic mass is 10.1. The summed E-state index contributed by atoms with van der Waals surface area (Å²) in [6.07, 6.45) is 1.17. The van der Waals surface area contributed by atoms with Crippen LogP contribution in [0.5, 0.6) is 0 Å². The van der Waals surface area contributed by atoms with Gasteiger partial charge in [0.1, 0.15) is 11.9 Å². The van der Waals surface area contributed by atoms with Crippen LogP contribution in [0.15, 0.2) is 48.5 Å². The molecule has 8 heteroatoms. The van der Waals surface area contributed by atoms with Gasteiger partial charge >= 0.3 is 6.03 Å². The van der Waals surface area contributed by atoms with Crippen molar-refractivity contribution in [1.82, 2.24) is 15.5 Å². The van der Waals surface area contributed by atoms with Gasteiger partial charge in [0.25, 0.3) is 5.91 Å². The molecule has 0 radical (unpaired) electrons. The Morgan fingerprint density at radius 3 is 2.12 bits per heavy atom. The Morgan fingerprint density at radius 2 is 1.56 bits per heavy atom. The number of anilines is 1. The Kier molecular flexibility index (Phi) is 9.66. The van der Waals surface area contributed by atoms with Crippen molar-refractivity contribution in [2.24, 2.45) is 0 Å². The van der Waals surface area contributed by atoms with Gasteiger partial charge in [0.05, 0.1) is 0 Å². The Balaban J connectivity index is 1.93. The minimum Gasteiger partial charge on any atom is -0.339 e. The van der Waals surface area contributed by atoms with Crippen LogP contribution in [0.2, 0.25) is 0 Å². The number of hydrogen-bond donors (Lipinski definition) is 3. The highest BCUT2D eigenvalue weighted by Crippen LogP contribution is 2.13. The van der Waals surface area contributed by atoms with Crippen molar-refractivity contribution in [3.8, 4) is 0 Å². The van der Waals surface area contributed by atoms with Crippen LogP contribution in [-0.4, -0.2) is 41.9 Å². The average molecular weight is 443 g/mol. The first kappa shape index (κ1) is 24.8. The molecule has 2 aromatic rings. The van der Waals surface area contributed by atoms with E-state index in [4.69, 9.17) is 0 Å². The molecule has 0 spiro atoms. The average Bonchev–Trinajstić information content (AvgIpc) is 2.79. The number of benzene rings is 2. The van der Waals surface area contributed by atoms with Crippen LogP contribution in [0, 0.1) is 5.82 Å². The summed E-state index contributed by atoms with van der Waals surface area (Å²) < 4.78 is 13.0. The Labute approximate surface area is 188 Å². The monoisotopic (exact) mass is 442 g/mol. The number of hydrogen-bond acceptors (Lipinski definition) is 3. The first-order valence-corrected chi connectivity index (χ1v) is 10.9. The van der Waals surface area contributed by atoms with Crippen LogP contribution in [0.25, 0.3) is 0 Å². The molecule has 0 saturated carbocycles. The van der Waals surface area contributed by atoms with Crippen molar-refractivity contribution in [3.05, 3.63) is 65.5 Å². The number of amides is 4. The number of carbonyl (C=O) groups excluding carboxylic acids is 3. The fraction of sp³-hybridized carbons (Fsp3) is 0.375. The highest BCUT2D eigenvalue weighted by Gasteiger charge is 2.20. The third-order valence-electron chi connectivity index (χ3n) is 5.02. The molecule has 2 rings (SSSR count). The van der Waals surface area contributed by atoms with Gasteiger partial charge in [-0.1, -0.05) is 25.5 Å². The zero-order valence-corrected chi connectivity index (χ0v) is 18.8. The van der Waals surface area contributed by atoms with E-state index in [1.807, 2.05) is 20.8 Å². The molecule has 0 bridgehead atoms. The lowest BCUT2D eigenvalue weighted by Crippen LogP contribution is -2.47. The second-order valence-electron chi connectivity index (χ2n) is 7.34. The standard InChI is InChI=1S/C24H31FN4O3/c1-4-7-21(28-24(32)26-16-17-8-12-19(25)13-9-17)22(30)27-20-14-10-18(11-15-20)23(31)29(5-2)6-3/h8-15,21H,4-7,16H2,1-3H3,(H,27,30)(H2,26,28,32). The highest BCUT2D eigenvalue weighted by molar-refractivity contribution is 5.98. The summed E-state index contributed by atoms with van der Waals surface area (Å²) in [5.74, 6) is -0.744. The first-order valence-electron chi connectivity index (χ1n) is 10.9. The number of urea groups is 1. The smallest absolute Gasteiger partial charge is 0.315 e. The van der Waals surface area contributed by atoms with Crippen LogP contribution < -0.4 is 16.0 Å². The van der Waals surface area contributed by atoms with Crippen molar-refractivity contribution in [2.75, 3.05) is 18.4 Å². The van der Waals surface area contributed by atoms with Crippen molar-refractivity contribution in [2.45, 2.75) is 46.2 Å². The van der Waals surface area contributed by atoms with Crippen molar-refractivity contribution >= 4 is 23.5 Å². The van der Waals surface area contributed by atoms with E-state index in [0.29, 0.717) is 37.2 Å². The summed E-state index contributed by atoms with van der Waals surface area (Å²) in [5, 5.41) is 8.14. The van der Waals surface area contributed by atoms with Crippen LogP contribution in [0.4, 0.5) is 14.9 Å². The molecule has 0 fully saturated rings. The lowest BCUT2D eigenvalue weighted by molar-refractivity contribution is -0.118. The van der Waals surface area contributed by atoms with E-state index in [0.717, 1.165) is 5.56 Å². The van der Waals surface area contributed by atoms with Gasteiger partial charge in [0.15, 0.2) is 0 Å². The minimum atomic E-state index is -0.717. The van der Waals surface area contributed by atoms with E-state index in [-0.39, 0.29) is 24.2 Å². The van der Waals surface area contributed by atoms with Gasteiger partial charge in [-0.15, -0.1) is 0 Å². The second-order valence-corrected chi connectivity index (χ2v) is 7.34. The van der Waals surface area contributed by atoms with Gasteiger partial charge < -0.3 is 20.9 Å². The molecule has 172 valence electrons. The molecule has 7 nitrogen and oxygen atoms in total. The van der Waals surface area contributed by atoms with Crippen LogP contribution in [0.1, 0.15) is 49.5 Å². The first-order chi connectivity index (χ1) is 15.4. The molecule has 0 aromatic heterocycles. The number of nitrogens with one attached hydrogen (secondary N) is 3. The number of carbonyl (C=O) groups is 3. The Hall–Kier alpha value is -3.42. The fourth-order valence-electron chi connectivity index (χ4n) is 3.17. The zero-order valence-electron chi connectivity index (χ0n) is 18.8. The summed E-state index contributed by atoms with van der Waals surface area (Å²) in [7, 11) is 0. The molecule has 0 aliphatic rings. The van der Waals surface area contributed by atoms with Gasteiger partial charge in [-0.05, 0) is 62.2 Å². The Bertz CT molecular complexity index is 896. The molecule has 0 heterocycles. The molecule has 4 amide bonds. The number of nitrogens with zero attached hydrogens (tertiary/aromatic N) is 1. The molecule has 0 aliphatic carbocycles. The van der Waals surface area contributed by atoms with E-state index >= 15 is 0 Å². The number of halogens is 1. The molecule has 32 heavy (non-hydrogen) atoms. The maximum Gasteiger partial charge on any atom is 0.315 e. The van der Waals surface area contributed by atoms with E-state index in [1.54, 1.807) is 41.3 Å². The van der Waals surface area contributed by atoms with Crippen molar-refractivity contribution in [1.29, 1.82) is 0 Å². The van der Waals surface area contributed by atoms with Gasteiger partial charge in [-0.3, -0.25) is 9.59 Å². The molecule has 1 atom stereocenters. The SMILES string of the molecule is CCCC(NC(=O)NCc1ccc(F)cc1)C(=O)Nc1ccc(C(=O)N(CC)CC)cc1. The summed E-state index contributed by atoms with van der Waals surface area (Å²) in [6, 6.07) is 11.3. The van der Waals surface area contributed by atoms with Crippen LogP contribution in [-0.2, 0) is 11.3 Å². The van der Waals surface area contributed by atoms with E-state index in [1.165, 1.54) is 12.1 Å². The van der Waals surface area contributed by atoms with Gasteiger partial charge in [-0.2, -0.15) is 0 Å². The molecule has 0 aliphatic heterocycles. The maximum atomic E-state index is 13.0. The van der Waals surface area contributed by atoms with Gasteiger partial charge in [0, 0.05) is 30.9 Å². The van der Waals surface area contributed by atoms with E-state index < -0.39 is 12.1 Å². The lowest BCUT2D eigenvalue weighted by Gasteiger charge is -2.20. The van der Waals surface area contributed by atoms with E-state index in [2.05, 4.69) is 16.0 Å². The summed E-state index contributed by atoms with van der Waals surface area (Å²) in [4.78, 5) is 39.1. The molecule has 2 aromatic carbocycles. The second kappa shape index (κ2) is 12.4. The number of rotatable bonds is 10. The van der Waals surface area contributed by atoms with Gasteiger partial charge in [0.2, 0.25) is 5.91 Å². The normalized spacial score (nSPS) is 11.4. The molecule has 0 saturated heterocycles. The third kappa shape index (κ3) is 7.37. The quantitative estimate of drug-likeness (QED) is 0.521.